The van der Waals surface area contributed by atoms with Crippen molar-refractivity contribution in [1.82, 2.24) is 14.3 Å². The summed E-state index contributed by atoms with van der Waals surface area (Å²) in [5, 5.41) is 2.54. The summed E-state index contributed by atoms with van der Waals surface area (Å²) in [7, 11) is 0. The van der Waals surface area contributed by atoms with Gasteiger partial charge >= 0.3 is 0 Å². The van der Waals surface area contributed by atoms with Crippen LogP contribution in [0.2, 0.25) is 0 Å². The predicted molar refractivity (Wildman–Crippen MR) is 123 cm³/mol. The second kappa shape index (κ2) is 7.69. The van der Waals surface area contributed by atoms with Crippen molar-refractivity contribution < 1.29 is 4.79 Å². The molecule has 0 aliphatic heterocycles. The van der Waals surface area contributed by atoms with Gasteiger partial charge in [0.05, 0.1) is 16.5 Å². The minimum Gasteiger partial charge on any atom is -0.334 e. The number of carbonyl (C=O) groups is 1. The van der Waals surface area contributed by atoms with E-state index in [0.29, 0.717) is 35.2 Å². The van der Waals surface area contributed by atoms with Crippen LogP contribution in [-0.4, -0.2) is 26.7 Å². The Morgan fingerprint density at radius 1 is 0.935 bits per heavy atom. The summed E-state index contributed by atoms with van der Waals surface area (Å²) in [5.41, 5.74) is 2.28. The van der Waals surface area contributed by atoms with Gasteiger partial charge in [0.1, 0.15) is 0 Å². The topological polar surface area (TPSA) is 54.7 Å². The van der Waals surface area contributed by atoms with Gasteiger partial charge in [-0.15, -0.1) is 0 Å². The van der Waals surface area contributed by atoms with E-state index < -0.39 is 0 Å². The van der Waals surface area contributed by atoms with Crippen LogP contribution in [0.4, 0.5) is 0 Å². The fourth-order valence-corrected chi connectivity index (χ4v) is 3.98. The highest BCUT2D eigenvalue weighted by atomic mass is 16.2. The smallest absolute Gasteiger partial charge is 0.265 e. The zero-order valence-corrected chi connectivity index (χ0v) is 17.2. The van der Waals surface area contributed by atoms with Gasteiger partial charge in [0.25, 0.3) is 11.5 Å². The summed E-state index contributed by atoms with van der Waals surface area (Å²) in [6, 6.07) is 25.0. The molecule has 2 heterocycles. The van der Waals surface area contributed by atoms with Crippen molar-refractivity contribution in [3.8, 4) is 0 Å². The molecule has 0 N–H and O–H groups in total. The highest BCUT2D eigenvalue weighted by molar-refractivity contribution is 6.02. The van der Waals surface area contributed by atoms with Crippen molar-refractivity contribution in [3.63, 3.8) is 0 Å². The van der Waals surface area contributed by atoms with E-state index in [4.69, 9.17) is 4.98 Å². The van der Waals surface area contributed by atoms with Crippen LogP contribution in [0.1, 0.15) is 22.8 Å². The molecule has 0 aliphatic rings. The van der Waals surface area contributed by atoms with Crippen LogP contribution in [0.25, 0.3) is 27.3 Å². The van der Waals surface area contributed by atoms with Crippen molar-refractivity contribution in [2.75, 3.05) is 6.54 Å². The number of rotatable bonds is 4. The number of nitrogens with zero attached hydrogens (tertiary/aromatic N) is 3. The average molecular weight is 407 g/mol. The van der Waals surface area contributed by atoms with Gasteiger partial charge in [-0.2, -0.15) is 0 Å². The van der Waals surface area contributed by atoms with Crippen LogP contribution < -0.4 is 5.56 Å². The number of hydrogen-bond acceptors (Lipinski definition) is 3. The van der Waals surface area contributed by atoms with Crippen molar-refractivity contribution in [1.29, 1.82) is 0 Å². The molecule has 5 heteroatoms. The summed E-state index contributed by atoms with van der Waals surface area (Å²) in [4.78, 5) is 33.2. The Morgan fingerprint density at radius 2 is 1.65 bits per heavy atom. The molecular weight excluding hydrogens is 386 g/mol. The third kappa shape index (κ3) is 3.34. The fourth-order valence-electron chi connectivity index (χ4n) is 3.98. The van der Waals surface area contributed by atoms with E-state index in [0.717, 1.165) is 16.3 Å². The fraction of sp³-hybridized carbons (Fsp3) is 0.115. The van der Waals surface area contributed by atoms with Crippen LogP contribution in [-0.2, 0) is 6.54 Å². The molecule has 2 aromatic heterocycles. The predicted octanol–water partition coefficient (Wildman–Crippen LogP) is 4.66. The van der Waals surface area contributed by atoms with Crippen LogP contribution in [0.5, 0.6) is 0 Å². The SMILES string of the molecule is CCN(Cc1ccccc1)C(=O)c1cccn2c(=O)c3cc4ccccc4cc3nc12. The molecule has 0 atom stereocenters. The molecule has 31 heavy (non-hydrogen) atoms. The number of hydrogen-bond donors (Lipinski definition) is 0. The Labute approximate surface area is 179 Å². The van der Waals surface area contributed by atoms with E-state index >= 15 is 0 Å². The van der Waals surface area contributed by atoms with Crippen LogP contribution >= 0.6 is 0 Å². The Morgan fingerprint density at radius 3 is 2.39 bits per heavy atom. The maximum absolute atomic E-state index is 13.4. The van der Waals surface area contributed by atoms with E-state index in [9.17, 15) is 9.59 Å². The molecular formula is C26H21N3O2. The van der Waals surface area contributed by atoms with E-state index in [1.54, 1.807) is 23.2 Å². The van der Waals surface area contributed by atoms with Crippen LogP contribution in [0.15, 0.2) is 89.9 Å². The summed E-state index contributed by atoms with van der Waals surface area (Å²) in [6.07, 6.45) is 1.67. The first-order valence-corrected chi connectivity index (χ1v) is 10.3. The van der Waals surface area contributed by atoms with Gasteiger partial charge in [-0.05, 0) is 47.5 Å². The largest absolute Gasteiger partial charge is 0.334 e. The summed E-state index contributed by atoms with van der Waals surface area (Å²) < 4.78 is 1.47. The lowest BCUT2D eigenvalue weighted by Gasteiger charge is -2.21. The number of aromatic nitrogens is 2. The molecule has 1 amide bonds. The number of benzene rings is 3. The van der Waals surface area contributed by atoms with E-state index in [-0.39, 0.29) is 11.5 Å². The van der Waals surface area contributed by atoms with Gasteiger partial charge in [-0.3, -0.25) is 14.0 Å². The van der Waals surface area contributed by atoms with Crippen molar-refractivity contribution in [2.24, 2.45) is 0 Å². The molecule has 0 aliphatic carbocycles. The lowest BCUT2D eigenvalue weighted by atomic mass is 10.1. The number of amides is 1. The van der Waals surface area contributed by atoms with Crippen molar-refractivity contribution in [2.45, 2.75) is 13.5 Å². The monoisotopic (exact) mass is 407 g/mol. The second-order valence-corrected chi connectivity index (χ2v) is 7.55. The number of carbonyl (C=O) groups excluding carboxylic acids is 1. The molecule has 5 nitrogen and oxygen atoms in total. The Hall–Kier alpha value is -3.99. The summed E-state index contributed by atoms with van der Waals surface area (Å²) in [5.74, 6) is -0.142. The van der Waals surface area contributed by atoms with Gasteiger partial charge in [0, 0.05) is 19.3 Å². The zero-order chi connectivity index (χ0) is 21.4. The van der Waals surface area contributed by atoms with Gasteiger partial charge in [0.2, 0.25) is 0 Å². The Bertz CT molecular complexity index is 1490. The van der Waals surface area contributed by atoms with Gasteiger partial charge in [0.15, 0.2) is 5.65 Å². The van der Waals surface area contributed by atoms with E-state index in [1.165, 1.54) is 4.40 Å². The molecule has 5 rings (SSSR count). The normalized spacial score (nSPS) is 11.3. The molecule has 0 saturated carbocycles. The third-order valence-electron chi connectivity index (χ3n) is 5.62. The molecule has 0 saturated heterocycles. The first kappa shape index (κ1) is 19.0. The van der Waals surface area contributed by atoms with E-state index in [1.807, 2.05) is 73.7 Å². The standard InChI is InChI=1S/C26H21N3O2/c1-2-28(17-18-9-4-3-5-10-18)25(30)21-13-8-14-29-24(21)27-23-16-20-12-7-6-11-19(20)15-22(23)26(29)31/h3-16H,2,17H2,1H3. The first-order valence-electron chi connectivity index (χ1n) is 10.3. The first-order chi connectivity index (χ1) is 15.2. The molecule has 152 valence electrons. The lowest BCUT2D eigenvalue weighted by Crippen LogP contribution is -2.31. The molecule has 0 fully saturated rings. The second-order valence-electron chi connectivity index (χ2n) is 7.55. The van der Waals surface area contributed by atoms with Crippen LogP contribution in [0, 0.1) is 0 Å². The molecule has 5 aromatic rings. The summed E-state index contributed by atoms with van der Waals surface area (Å²) >= 11 is 0. The molecule has 0 radical (unpaired) electrons. The van der Waals surface area contributed by atoms with Gasteiger partial charge in [-0.1, -0.05) is 54.6 Å². The maximum Gasteiger partial charge on any atom is 0.265 e. The zero-order valence-electron chi connectivity index (χ0n) is 17.2. The number of fused-ring (bicyclic) bond motifs is 3. The molecule has 3 aromatic carbocycles. The van der Waals surface area contributed by atoms with E-state index in [2.05, 4.69) is 0 Å². The number of pyridine rings is 1. The van der Waals surface area contributed by atoms with Crippen LogP contribution in [0.3, 0.4) is 0 Å². The maximum atomic E-state index is 13.4. The Kier molecular flexibility index (Phi) is 4.71. The minimum absolute atomic E-state index is 0.142. The van der Waals surface area contributed by atoms with Gasteiger partial charge < -0.3 is 4.90 Å². The minimum atomic E-state index is -0.175. The third-order valence-corrected chi connectivity index (χ3v) is 5.62. The summed E-state index contributed by atoms with van der Waals surface area (Å²) in [6.45, 7) is 3.00. The molecule has 0 unspecified atom stereocenters. The average Bonchev–Trinajstić information content (AvgIpc) is 2.81. The molecule has 0 spiro atoms. The van der Waals surface area contributed by atoms with Crippen molar-refractivity contribution >= 4 is 33.2 Å². The Balaban J connectivity index is 1.67. The highest BCUT2D eigenvalue weighted by Crippen LogP contribution is 2.21. The highest BCUT2D eigenvalue weighted by Gasteiger charge is 2.19. The van der Waals surface area contributed by atoms with Crippen molar-refractivity contribution in [3.05, 3.63) is 107 Å². The molecule has 0 bridgehead atoms. The quantitative estimate of drug-likeness (QED) is 0.407. The lowest BCUT2D eigenvalue weighted by molar-refractivity contribution is 0.0754. The van der Waals surface area contributed by atoms with Gasteiger partial charge in [-0.25, -0.2) is 4.98 Å².